The van der Waals surface area contributed by atoms with Gasteiger partial charge in [0.05, 0.1) is 11.0 Å². The fraction of sp³-hybridized carbons (Fsp3) is 0.562. The molecule has 1 aliphatic rings. The van der Waals surface area contributed by atoms with Gasteiger partial charge in [-0.15, -0.1) is 0 Å². The first-order valence-corrected chi connectivity index (χ1v) is 7.32. The van der Waals surface area contributed by atoms with Gasteiger partial charge in [-0.2, -0.15) is 0 Å². The van der Waals surface area contributed by atoms with Crippen LogP contribution in [0, 0.1) is 18.8 Å². The van der Waals surface area contributed by atoms with E-state index in [1.54, 1.807) is 0 Å². The van der Waals surface area contributed by atoms with Gasteiger partial charge in [-0.1, -0.05) is 38.8 Å². The molecule has 2 N–H and O–H groups in total. The molecule has 3 unspecified atom stereocenters. The number of nitrogen functional groups attached to an aromatic ring is 1. The second kappa shape index (κ2) is 4.55. The summed E-state index contributed by atoms with van der Waals surface area (Å²) in [4.78, 5) is 4.55. The predicted octanol–water partition coefficient (Wildman–Crippen LogP) is 3.92. The Morgan fingerprint density at radius 3 is 2.84 bits per heavy atom. The molecule has 1 aromatic carbocycles. The van der Waals surface area contributed by atoms with Crippen molar-refractivity contribution in [2.45, 2.75) is 46.1 Å². The van der Waals surface area contributed by atoms with Gasteiger partial charge in [-0.25, -0.2) is 4.98 Å². The number of hydrogen-bond donors (Lipinski definition) is 1. The number of rotatable bonds is 1. The van der Waals surface area contributed by atoms with E-state index in [0.29, 0.717) is 17.9 Å². The molecule has 1 aliphatic carbocycles. The lowest BCUT2D eigenvalue weighted by Crippen LogP contribution is -2.27. The van der Waals surface area contributed by atoms with E-state index in [9.17, 15) is 0 Å². The van der Waals surface area contributed by atoms with Gasteiger partial charge >= 0.3 is 0 Å². The molecule has 0 radical (unpaired) electrons. The summed E-state index contributed by atoms with van der Waals surface area (Å²) in [5.74, 6) is 2.10. The van der Waals surface area contributed by atoms with Crippen molar-refractivity contribution < 1.29 is 0 Å². The number of hydrogen-bond acceptors (Lipinski definition) is 2. The van der Waals surface area contributed by atoms with Crippen LogP contribution < -0.4 is 5.73 Å². The summed E-state index contributed by atoms with van der Waals surface area (Å²) in [6.07, 6.45) is 3.85. The van der Waals surface area contributed by atoms with Crippen LogP contribution >= 0.6 is 0 Å². The van der Waals surface area contributed by atoms with Crippen LogP contribution in [0.3, 0.4) is 0 Å². The van der Waals surface area contributed by atoms with E-state index >= 15 is 0 Å². The number of aryl methyl sites for hydroxylation is 1. The van der Waals surface area contributed by atoms with Crippen LogP contribution in [-0.2, 0) is 0 Å². The van der Waals surface area contributed by atoms with Crippen LogP contribution in [0.4, 0.5) is 5.95 Å². The van der Waals surface area contributed by atoms with Crippen molar-refractivity contribution in [2.24, 2.45) is 11.8 Å². The average Bonchev–Trinajstić information content (AvgIpc) is 2.71. The van der Waals surface area contributed by atoms with Gasteiger partial charge in [0, 0.05) is 6.04 Å². The lowest BCUT2D eigenvalue weighted by Gasteiger charge is -2.35. The molecule has 0 spiro atoms. The Balaban J connectivity index is 2.16. The third-order valence-electron chi connectivity index (χ3n) is 4.93. The Morgan fingerprint density at radius 1 is 1.26 bits per heavy atom. The van der Waals surface area contributed by atoms with Gasteiger partial charge in [-0.3, -0.25) is 0 Å². The van der Waals surface area contributed by atoms with Crippen molar-refractivity contribution in [2.75, 3.05) is 5.73 Å². The van der Waals surface area contributed by atoms with Crippen molar-refractivity contribution >= 4 is 17.0 Å². The Morgan fingerprint density at radius 2 is 2.05 bits per heavy atom. The first kappa shape index (κ1) is 12.5. The second-order valence-corrected chi connectivity index (χ2v) is 6.12. The number of aromatic nitrogens is 2. The van der Waals surface area contributed by atoms with E-state index in [1.165, 1.54) is 30.3 Å². The quantitative estimate of drug-likeness (QED) is 0.841. The average molecular weight is 257 g/mol. The molecule has 0 aliphatic heterocycles. The predicted molar refractivity (Wildman–Crippen MR) is 80.1 cm³/mol. The van der Waals surface area contributed by atoms with Crippen molar-refractivity contribution in [1.29, 1.82) is 0 Å². The van der Waals surface area contributed by atoms with Crippen LogP contribution in [0.5, 0.6) is 0 Å². The van der Waals surface area contributed by atoms with E-state index in [-0.39, 0.29) is 0 Å². The summed E-state index contributed by atoms with van der Waals surface area (Å²) in [6.45, 7) is 6.87. The van der Waals surface area contributed by atoms with Crippen LogP contribution in [0.25, 0.3) is 11.0 Å². The van der Waals surface area contributed by atoms with E-state index in [2.05, 4.69) is 48.5 Å². The molecule has 2 aromatic rings. The molecule has 102 valence electrons. The maximum atomic E-state index is 6.21. The monoisotopic (exact) mass is 257 g/mol. The Labute approximate surface area is 114 Å². The molecule has 1 saturated carbocycles. The summed E-state index contributed by atoms with van der Waals surface area (Å²) in [6, 6.07) is 6.76. The van der Waals surface area contributed by atoms with Crippen LogP contribution in [0.1, 0.15) is 44.7 Å². The summed E-state index contributed by atoms with van der Waals surface area (Å²) in [7, 11) is 0. The molecule has 3 atom stereocenters. The highest BCUT2D eigenvalue weighted by molar-refractivity contribution is 5.81. The molecule has 3 rings (SSSR count). The number of nitrogens with two attached hydrogens (primary N) is 1. The first-order chi connectivity index (χ1) is 9.09. The van der Waals surface area contributed by atoms with Crippen LogP contribution in [0.2, 0.25) is 0 Å². The van der Waals surface area contributed by atoms with Crippen molar-refractivity contribution in [1.82, 2.24) is 9.55 Å². The van der Waals surface area contributed by atoms with Crippen molar-refractivity contribution in [3.8, 4) is 0 Å². The minimum Gasteiger partial charge on any atom is -0.369 e. The molecular formula is C16H23N3. The third kappa shape index (κ3) is 1.92. The minimum atomic E-state index is 0.495. The highest BCUT2D eigenvalue weighted by Crippen LogP contribution is 2.40. The Kier molecular flexibility index (Phi) is 3.00. The highest BCUT2D eigenvalue weighted by atomic mass is 15.2. The van der Waals surface area contributed by atoms with E-state index in [4.69, 9.17) is 5.73 Å². The zero-order chi connectivity index (χ0) is 13.6. The highest BCUT2D eigenvalue weighted by Gasteiger charge is 2.30. The first-order valence-electron chi connectivity index (χ1n) is 7.32. The van der Waals surface area contributed by atoms with E-state index in [1.807, 2.05) is 0 Å². The molecule has 19 heavy (non-hydrogen) atoms. The number of benzene rings is 1. The van der Waals surface area contributed by atoms with Crippen LogP contribution in [0.15, 0.2) is 18.2 Å². The zero-order valence-electron chi connectivity index (χ0n) is 12.1. The standard InChI is InChI=1S/C16H23N3/c1-10-6-5-9-14(12(10)3)19-15-11(2)7-4-8-13(15)18-16(19)17/h4,7-8,10,12,14H,5-6,9H2,1-3H3,(H2,17,18). The molecule has 0 saturated heterocycles. The van der Waals surface area contributed by atoms with Gasteiger partial charge < -0.3 is 10.3 Å². The van der Waals surface area contributed by atoms with Gasteiger partial charge in [0.2, 0.25) is 5.95 Å². The van der Waals surface area contributed by atoms with Crippen molar-refractivity contribution in [3.63, 3.8) is 0 Å². The Hall–Kier alpha value is -1.51. The number of fused-ring (bicyclic) bond motifs is 1. The molecule has 3 nitrogen and oxygen atoms in total. The van der Waals surface area contributed by atoms with Gasteiger partial charge in [0.15, 0.2) is 0 Å². The van der Waals surface area contributed by atoms with Crippen LogP contribution in [-0.4, -0.2) is 9.55 Å². The van der Waals surface area contributed by atoms with Crippen molar-refractivity contribution in [3.05, 3.63) is 23.8 Å². The normalized spacial score (nSPS) is 27.8. The lowest BCUT2D eigenvalue weighted by atomic mass is 9.78. The number of nitrogens with zero attached hydrogens (tertiary/aromatic N) is 2. The number of para-hydroxylation sites is 1. The topological polar surface area (TPSA) is 43.8 Å². The summed E-state index contributed by atoms with van der Waals surface area (Å²) in [5, 5.41) is 0. The van der Waals surface area contributed by atoms with Gasteiger partial charge in [-0.05, 0) is 36.8 Å². The molecular weight excluding hydrogens is 234 g/mol. The summed E-state index contributed by atoms with van der Waals surface area (Å²) < 4.78 is 2.30. The van der Waals surface area contributed by atoms with E-state index < -0.39 is 0 Å². The Bertz CT molecular complexity index is 599. The van der Waals surface area contributed by atoms with Gasteiger partial charge in [0.1, 0.15) is 0 Å². The third-order valence-corrected chi connectivity index (χ3v) is 4.93. The molecule has 1 heterocycles. The number of anilines is 1. The lowest BCUT2D eigenvalue weighted by molar-refractivity contribution is 0.191. The second-order valence-electron chi connectivity index (χ2n) is 6.12. The fourth-order valence-electron chi connectivity index (χ4n) is 3.59. The fourth-order valence-corrected chi connectivity index (χ4v) is 3.59. The maximum Gasteiger partial charge on any atom is 0.201 e. The number of imidazole rings is 1. The minimum absolute atomic E-state index is 0.495. The summed E-state index contributed by atoms with van der Waals surface area (Å²) in [5.41, 5.74) is 9.74. The SMILES string of the molecule is Cc1cccc2nc(N)n(C3CCCC(C)C3C)c12. The zero-order valence-corrected chi connectivity index (χ0v) is 12.1. The van der Waals surface area contributed by atoms with Gasteiger partial charge in [0.25, 0.3) is 0 Å². The molecule has 1 aromatic heterocycles. The molecule has 0 bridgehead atoms. The molecule has 1 fully saturated rings. The van der Waals surface area contributed by atoms with E-state index in [0.717, 1.165) is 11.4 Å². The summed E-state index contributed by atoms with van der Waals surface area (Å²) >= 11 is 0. The maximum absolute atomic E-state index is 6.21. The molecule has 3 heteroatoms. The molecule has 0 amide bonds. The largest absolute Gasteiger partial charge is 0.369 e. The smallest absolute Gasteiger partial charge is 0.201 e.